The van der Waals surface area contributed by atoms with E-state index in [0.29, 0.717) is 13.0 Å². The number of piperidine rings is 1. The van der Waals surface area contributed by atoms with Crippen LogP contribution >= 0.6 is 24.0 Å². The highest BCUT2D eigenvalue weighted by Crippen LogP contribution is 2.19. The molecule has 1 aliphatic heterocycles. The van der Waals surface area contributed by atoms with Gasteiger partial charge in [0, 0.05) is 39.1 Å². The van der Waals surface area contributed by atoms with Gasteiger partial charge in [-0.1, -0.05) is 12.1 Å². The lowest BCUT2D eigenvalue weighted by Gasteiger charge is -2.31. The molecule has 2 rings (SSSR count). The van der Waals surface area contributed by atoms with Crippen LogP contribution in [0.4, 0.5) is 0 Å². The number of aliphatic imine (C=N–C) groups is 1. The molecule has 6 nitrogen and oxygen atoms in total. The van der Waals surface area contributed by atoms with Crippen molar-refractivity contribution in [1.29, 1.82) is 0 Å². The van der Waals surface area contributed by atoms with Gasteiger partial charge in [-0.05, 0) is 43.9 Å². The van der Waals surface area contributed by atoms with Crippen LogP contribution < -0.4 is 15.4 Å². The Bertz CT molecular complexity index is 622. The van der Waals surface area contributed by atoms with Gasteiger partial charge in [0.25, 0.3) is 0 Å². The van der Waals surface area contributed by atoms with Gasteiger partial charge in [-0.3, -0.25) is 9.79 Å². The van der Waals surface area contributed by atoms with Crippen LogP contribution in [0.2, 0.25) is 0 Å². The van der Waals surface area contributed by atoms with Crippen LogP contribution in [0.5, 0.6) is 5.75 Å². The van der Waals surface area contributed by atoms with E-state index in [-0.39, 0.29) is 35.9 Å². The lowest BCUT2D eigenvalue weighted by Crippen LogP contribution is -2.51. The number of hydrogen-bond acceptors (Lipinski definition) is 3. The molecule has 1 heterocycles. The first kappa shape index (κ1) is 22.5. The van der Waals surface area contributed by atoms with Crippen LogP contribution in [0.3, 0.4) is 0 Å². The maximum atomic E-state index is 11.6. The van der Waals surface area contributed by atoms with Gasteiger partial charge < -0.3 is 20.3 Å². The van der Waals surface area contributed by atoms with Gasteiger partial charge >= 0.3 is 0 Å². The summed E-state index contributed by atoms with van der Waals surface area (Å²) in [6, 6.07) is 6.53. The number of benzene rings is 1. The lowest BCUT2D eigenvalue weighted by molar-refractivity contribution is -0.132. The number of nitrogens with zero attached hydrogens (tertiary/aromatic N) is 2. The summed E-state index contributed by atoms with van der Waals surface area (Å²) in [5.41, 5.74) is 2.35. The molecule has 1 aromatic carbocycles. The van der Waals surface area contributed by atoms with Gasteiger partial charge in [0.1, 0.15) is 5.75 Å². The SMILES string of the molecule is CCNC(=NCCc1ccc(C)c(OC)c1)NC1CCC(=O)N(C)C1.I. The van der Waals surface area contributed by atoms with E-state index < -0.39 is 0 Å². The number of methoxy groups -OCH3 is 1. The second-order valence-electron chi connectivity index (χ2n) is 6.47. The zero-order chi connectivity index (χ0) is 18.2. The highest BCUT2D eigenvalue weighted by molar-refractivity contribution is 14.0. The fourth-order valence-electron chi connectivity index (χ4n) is 2.96. The second-order valence-corrected chi connectivity index (χ2v) is 6.47. The molecule has 0 aliphatic carbocycles. The minimum Gasteiger partial charge on any atom is -0.496 e. The molecule has 26 heavy (non-hydrogen) atoms. The second kappa shape index (κ2) is 11.3. The molecule has 1 saturated heterocycles. The number of nitrogens with one attached hydrogen (secondary N) is 2. The molecular weight excluding hydrogens is 443 g/mol. The quantitative estimate of drug-likeness (QED) is 0.378. The van der Waals surface area contributed by atoms with Gasteiger partial charge in [-0.2, -0.15) is 0 Å². The van der Waals surface area contributed by atoms with Crippen molar-refractivity contribution in [3.8, 4) is 5.75 Å². The topological polar surface area (TPSA) is 66.0 Å². The van der Waals surface area contributed by atoms with Crippen LogP contribution in [-0.4, -0.2) is 56.6 Å². The van der Waals surface area contributed by atoms with Crippen LogP contribution in [-0.2, 0) is 11.2 Å². The Morgan fingerprint density at radius 1 is 1.42 bits per heavy atom. The predicted octanol–water partition coefficient (Wildman–Crippen LogP) is 2.34. The molecular formula is C19H31IN4O2. The summed E-state index contributed by atoms with van der Waals surface area (Å²) in [6.45, 7) is 6.32. The summed E-state index contributed by atoms with van der Waals surface area (Å²) in [7, 11) is 3.55. The summed E-state index contributed by atoms with van der Waals surface area (Å²) in [4.78, 5) is 18.1. The van der Waals surface area contributed by atoms with Crippen LogP contribution in [0.1, 0.15) is 30.9 Å². The van der Waals surface area contributed by atoms with E-state index in [4.69, 9.17) is 4.74 Å². The van der Waals surface area contributed by atoms with Crippen molar-refractivity contribution in [2.75, 3.05) is 33.8 Å². The fourth-order valence-corrected chi connectivity index (χ4v) is 2.96. The van der Waals surface area contributed by atoms with Crippen LogP contribution in [0, 0.1) is 6.92 Å². The van der Waals surface area contributed by atoms with E-state index in [2.05, 4.69) is 40.7 Å². The average Bonchev–Trinajstić information content (AvgIpc) is 2.59. The van der Waals surface area contributed by atoms with E-state index >= 15 is 0 Å². The molecule has 1 amide bonds. The number of hydrogen-bond donors (Lipinski definition) is 2. The first-order valence-electron chi connectivity index (χ1n) is 8.95. The van der Waals surface area contributed by atoms with Crippen molar-refractivity contribution in [3.05, 3.63) is 29.3 Å². The Labute approximate surface area is 173 Å². The Balaban J connectivity index is 0.00000338. The van der Waals surface area contributed by atoms with Crippen molar-refractivity contribution < 1.29 is 9.53 Å². The monoisotopic (exact) mass is 474 g/mol. The summed E-state index contributed by atoms with van der Waals surface area (Å²) in [5.74, 6) is 1.95. The number of likely N-dealkylation sites (tertiary alicyclic amines) is 1. The van der Waals surface area contributed by atoms with E-state index in [0.717, 1.165) is 43.2 Å². The maximum absolute atomic E-state index is 11.6. The number of rotatable bonds is 6. The number of ether oxygens (including phenoxy) is 1. The van der Waals surface area contributed by atoms with Crippen molar-refractivity contribution in [2.24, 2.45) is 4.99 Å². The van der Waals surface area contributed by atoms with Gasteiger partial charge in [0.15, 0.2) is 5.96 Å². The van der Waals surface area contributed by atoms with E-state index in [9.17, 15) is 4.79 Å². The Kier molecular flexibility index (Phi) is 9.75. The van der Waals surface area contributed by atoms with Crippen LogP contribution in [0.25, 0.3) is 0 Å². The molecule has 0 spiro atoms. The standard InChI is InChI=1S/C19H30N4O2.HI/c1-5-20-19(22-16-8-9-18(24)23(3)13-16)21-11-10-15-7-6-14(2)17(12-15)25-4;/h6-7,12,16H,5,8-11,13H2,1-4H3,(H2,20,21,22);1H. The van der Waals surface area contributed by atoms with E-state index in [1.807, 2.05) is 14.0 Å². The zero-order valence-corrected chi connectivity index (χ0v) is 18.5. The van der Waals surface area contributed by atoms with E-state index in [1.54, 1.807) is 12.0 Å². The maximum Gasteiger partial charge on any atom is 0.222 e. The Hall–Kier alpha value is -1.51. The number of guanidine groups is 1. The molecule has 1 aromatic rings. The third kappa shape index (κ3) is 6.66. The summed E-state index contributed by atoms with van der Waals surface area (Å²) in [6.07, 6.45) is 2.30. The van der Waals surface area contributed by atoms with E-state index in [1.165, 1.54) is 5.56 Å². The number of carbonyl (C=O) groups excluding carboxylic acids is 1. The minimum absolute atomic E-state index is 0. The number of aryl methyl sites for hydroxylation is 1. The predicted molar refractivity (Wildman–Crippen MR) is 117 cm³/mol. The molecule has 0 saturated carbocycles. The molecule has 1 aliphatic rings. The van der Waals surface area contributed by atoms with Gasteiger partial charge in [-0.25, -0.2) is 0 Å². The summed E-state index contributed by atoms with van der Waals surface area (Å²) >= 11 is 0. The normalized spacial score (nSPS) is 17.5. The number of carbonyl (C=O) groups is 1. The van der Waals surface area contributed by atoms with Crippen molar-refractivity contribution in [2.45, 2.75) is 39.2 Å². The largest absolute Gasteiger partial charge is 0.496 e. The molecule has 1 unspecified atom stereocenters. The highest BCUT2D eigenvalue weighted by atomic mass is 127. The third-order valence-corrected chi connectivity index (χ3v) is 4.45. The number of likely N-dealkylation sites (N-methyl/N-ethyl adjacent to an activating group) is 1. The van der Waals surface area contributed by atoms with Gasteiger partial charge in [0.2, 0.25) is 5.91 Å². The number of amides is 1. The highest BCUT2D eigenvalue weighted by Gasteiger charge is 2.23. The third-order valence-electron chi connectivity index (χ3n) is 4.45. The van der Waals surface area contributed by atoms with Crippen LogP contribution in [0.15, 0.2) is 23.2 Å². The number of halogens is 1. The van der Waals surface area contributed by atoms with Gasteiger partial charge in [0.05, 0.1) is 7.11 Å². The average molecular weight is 474 g/mol. The summed E-state index contributed by atoms with van der Waals surface area (Å²) < 4.78 is 5.38. The Morgan fingerprint density at radius 3 is 2.85 bits per heavy atom. The zero-order valence-electron chi connectivity index (χ0n) is 16.2. The molecule has 1 fully saturated rings. The van der Waals surface area contributed by atoms with Crippen molar-refractivity contribution in [3.63, 3.8) is 0 Å². The Morgan fingerprint density at radius 2 is 2.19 bits per heavy atom. The first-order chi connectivity index (χ1) is 12.0. The molecule has 146 valence electrons. The molecule has 0 radical (unpaired) electrons. The van der Waals surface area contributed by atoms with Gasteiger partial charge in [-0.15, -0.1) is 24.0 Å². The minimum atomic E-state index is 0. The molecule has 1 atom stereocenters. The smallest absolute Gasteiger partial charge is 0.222 e. The molecule has 0 aromatic heterocycles. The molecule has 0 bridgehead atoms. The van der Waals surface area contributed by atoms with Crippen molar-refractivity contribution in [1.82, 2.24) is 15.5 Å². The first-order valence-corrected chi connectivity index (χ1v) is 8.95. The van der Waals surface area contributed by atoms with Crippen molar-refractivity contribution >= 4 is 35.8 Å². The lowest BCUT2D eigenvalue weighted by atomic mass is 10.1. The fraction of sp³-hybridized carbons (Fsp3) is 0.579. The summed E-state index contributed by atoms with van der Waals surface area (Å²) in [5, 5.41) is 6.73. The molecule has 2 N–H and O–H groups in total. The molecule has 7 heteroatoms.